The zero-order valence-corrected chi connectivity index (χ0v) is 13.9. The fraction of sp³-hybridized carbons (Fsp3) is 0.105. The van der Waals surface area contributed by atoms with E-state index in [-0.39, 0.29) is 11.7 Å². The van der Waals surface area contributed by atoms with E-state index in [4.69, 9.17) is 4.74 Å². The molecule has 0 N–H and O–H groups in total. The van der Waals surface area contributed by atoms with Crippen molar-refractivity contribution in [3.05, 3.63) is 82.3 Å². The Kier molecular flexibility index (Phi) is 4.91. The van der Waals surface area contributed by atoms with E-state index in [1.165, 1.54) is 24.3 Å². The molecule has 3 nitrogen and oxygen atoms in total. The van der Waals surface area contributed by atoms with Crippen molar-refractivity contribution in [2.75, 3.05) is 12.0 Å². The van der Waals surface area contributed by atoms with Crippen LogP contribution in [0.15, 0.2) is 66.0 Å². The standard InChI is InChI=1S/C19H16FNO2S/c1-23-17-5-2-4-16(12-17)21(13-18-6-3-11-24-18)19(22)14-7-9-15(20)10-8-14/h2-12H,13H2,1H3. The summed E-state index contributed by atoms with van der Waals surface area (Å²) in [6.07, 6.45) is 0. The number of amides is 1. The van der Waals surface area contributed by atoms with E-state index >= 15 is 0 Å². The summed E-state index contributed by atoms with van der Waals surface area (Å²) in [6, 6.07) is 16.9. The van der Waals surface area contributed by atoms with Gasteiger partial charge in [-0.25, -0.2) is 4.39 Å². The van der Waals surface area contributed by atoms with E-state index in [9.17, 15) is 9.18 Å². The number of carbonyl (C=O) groups is 1. The van der Waals surface area contributed by atoms with E-state index in [2.05, 4.69) is 0 Å². The molecule has 3 rings (SSSR count). The molecule has 2 aromatic carbocycles. The molecule has 0 aliphatic heterocycles. The number of hydrogen-bond acceptors (Lipinski definition) is 3. The average Bonchev–Trinajstić information content (AvgIpc) is 3.13. The second kappa shape index (κ2) is 7.27. The Morgan fingerprint density at radius 2 is 1.92 bits per heavy atom. The normalized spacial score (nSPS) is 10.4. The fourth-order valence-corrected chi connectivity index (χ4v) is 3.06. The van der Waals surface area contributed by atoms with Gasteiger partial charge in [0.25, 0.3) is 5.91 Å². The quantitative estimate of drug-likeness (QED) is 0.671. The van der Waals surface area contributed by atoms with Gasteiger partial charge in [0, 0.05) is 22.2 Å². The summed E-state index contributed by atoms with van der Waals surface area (Å²) in [6.45, 7) is 0.445. The van der Waals surface area contributed by atoms with Gasteiger partial charge in [0.15, 0.2) is 0 Å². The van der Waals surface area contributed by atoms with Gasteiger partial charge in [-0.2, -0.15) is 0 Å². The first-order valence-electron chi connectivity index (χ1n) is 7.41. The lowest BCUT2D eigenvalue weighted by Gasteiger charge is -2.23. The zero-order valence-electron chi connectivity index (χ0n) is 13.1. The van der Waals surface area contributed by atoms with Crippen LogP contribution in [0.1, 0.15) is 15.2 Å². The first kappa shape index (κ1) is 16.2. The Labute approximate surface area is 143 Å². The van der Waals surface area contributed by atoms with E-state index in [0.29, 0.717) is 17.9 Å². The Morgan fingerprint density at radius 3 is 2.58 bits per heavy atom. The maximum Gasteiger partial charge on any atom is 0.258 e. The number of carbonyl (C=O) groups excluding carboxylic acids is 1. The lowest BCUT2D eigenvalue weighted by molar-refractivity contribution is 0.0985. The Hall–Kier alpha value is -2.66. The van der Waals surface area contributed by atoms with Crippen molar-refractivity contribution in [3.63, 3.8) is 0 Å². The minimum Gasteiger partial charge on any atom is -0.497 e. The predicted molar refractivity (Wildman–Crippen MR) is 94.2 cm³/mol. The molecule has 0 fully saturated rings. The largest absolute Gasteiger partial charge is 0.497 e. The van der Waals surface area contributed by atoms with Gasteiger partial charge in [0.05, 0.1) is 13.7 Å². The number of nitrogens with zero attached hydrogens (tertiary/aromatic N) is 1. The highest BCUT2D eigenvalue weighted by Gasteiger charge is 2.19. The van der Waals surface area contributed by atoms with Crippen molar-refractivity contribution in [3.8, 4) is 5.75 Å². The van der Waals surface area contributed by atoms with Gasteiger partial charge in [0.1, 0.15) is 11.6 Å². The summed E-state index contributed by atoms with van der Waals surface area (Å²) in [5.41, 5.74) is 1.17. The molecule has 122 valence electrons. The van der Waals surface area contributed by atoms with Crippen LogP contribution in [-0.4, -0.2) is 13.0 Å². The Morgan fingerprint density at radius 1 is 1.12 bits per heavy atom. The first-order chi connectivity index (χ1) is 11.7. The molecule has 5 heteroatoms. The lowest BCUT2D eigenvalue weighted by atomic mass is 10.1. The van der Waals surface area contributed by atoms with E-state index in [1.54, 1.807) is 23.3 Å². The molecule has 0 unspecified atom stereocenters. The van der Waals surface area contributed by atoms with Crippen molar-refractivity contribution < 1.29 is 13.9 Å². The number of rotatable bonds is 5. The Bertz CT molecular complexity index is 816. The molecule has 0 atom stereocenters. The van der Waals surface area contributed by atoms with Crippen molar-refractivity contribution in [1.82, 2.24) is 0 Å². The maximum atomic E-state index is 13.1. The summed E-state index contributed by atoms with van der Waals surface area (Å²) >= 11 is 1.59. The third kappa shape index (κ3) is 3.63. The van der Waals surface area contributed by atoms with Gasteiger partial charge < -0.3 is 9.64 Å². The second-order valence-corrected chi connectivity index (χ2v) is 6.21. The summed E-state index contributed by atoms with van der Waals surface area (Å²) in [5.74, 6) is 0.130. The van der Waals surface area contributed by atoms with Gasteiger partial charge in [-0.15, -0.1) is 11.3 Å². The Balaban J connectivity index is 1.97. The molecule has 24 heavy (non-hydrogen) atoms. The van der Waals surface area contributed by atoms with E-state index in [1.807, 2.05) is 41.8 Å². The number of anilines is 1. The van der Waals surface area contributed by atoms with Crippen molar-refractivity contribution in [1.29, 1.82) is 0 Å². The van der Waals surface area contributed by atoms with Crippen molar-refractivity contribution in [2.24, 2.45) is 0 Å². The average molecular weight is 341 g/mol. The molecular weight excluding hydrogens is 325 g/mol. The zero-order chi connectivity index (χ0) is 16.9. The SMILES string of the molecule is COc1cccc(N(Cc2cccs2)C(=O)c2ccc(F)cc2)c1. The van der Waals surface area contributed by atoms with Gasteiger partial charge >= 0.3 is 0 Å². The summed E-state index contributed by atoms with van der Waals surface area (Å²) in [5, 5.41) is 1.97. The van der Waals surface area contributed by atoms with Gasteiger partial charge in [-0.05, 0) is 47.8 Å². The summed E-state index contributed by atoms with van der Waals surface area (Å²) in [7, 11) is 1.59. The first-order valence-corrected chi connectivity index (χ1v) is 8.29. The van der Waals surface area contributed by atoms with Crippen molar-refractivity contribution >= 4 is 22.9 Å². The molecule has 0 saturated carbocycles. The molecule has 1 heterocycles. The monoisotopic (exact) mass is 341 g/mol. The van der Waals surface area contributed by atoms with Crippen molar-refractivity contribution in [2.45, 2.75) is 6.54 Å². The topological polar surface area (TPSA) is 29.5 Å². The molecule has 0 aliphatic carbocycles. The molecular formula is C19H16FNO2S. The number of hydrogen-bond donors (Lipinski definition) is 0. The molecule has 0 spiro atoms. The van der Waals surface area contributed by atoms with Crippen LogP contribution in [0.3, 0.4) is 0 Å². The van der Waals surface area contributed by atoms with Crippen LogP contribution in [0, 0.1) is 5.82 Å². The van der Waals surface area contributed by atoms with E-state index < -0.39 is 0 Å². The highest BCUT2D eigenvalue weighted by atomic mass is 32.1. The second-order valence-electron chi connectivity index (χ2n) is 5.18. The van der Waals surface area contributed by atoms with E-state index in [0.717, 1.165) is 10.6 Å². The third-order valence-corrected chi connectivity index (χ3v) is 4.46. The molecule has 0 saturated heterocycles. The molecule has 1 aromatic heterocycles. The van der Waals surface area contributed by atoms with Crippen LogP contribution in [0.25, 0.3) is 0 Å². The molecule has 1 amide bonds. The molecule has 0 bridgehead atoms. The van der Waals surface area contributed by atoms with Crippen LogP contribution >= 0.6 is 11.3 Å². The highest BCUT2D eigenvalue weighted by molar-refractivity contribution is 7.09. The number of methoxy groups -OCH3 is 1. The van der Waals surface area contributed by atoms with Crippen LogP contribution in [0.5, 0.6) is 5.75 Å². The smallest absolute Gasteiger partial charge is 0.258 e. The number of halogens is 1. The van der Waals surface area contributed by atoms with Gasteiger partial charge in [-0.3, -0.25) is 4.79 Å². The minimum absolute atomic E-state index is 0.184. The summed E-state index contributed by atoms with van der Waals surface area (Å²) < 4.78 is 18.4. The summed E-state index contributed by atoms with van der Waals surface area (Å²) in [4.78, 5) is 15.7. The number of ether oxygens (including phenoxy) is 1. The minimum atomic E-state index is -0.363. The molecule has 0 radical (unpaired) electrons. The lowest BCUT2D eigenvalue weighted by Crippen LogP contribution is -2.30. The predicted octanol–water partition coefficient (Wildman–Crippen LogP) is 4.74. The molecule has 3 aromatic rings. The maximum absolute atomic E-state index is 13.1. The molecule has 0 aliphatic rings. The number of thiophene rings is 1. The number of benzene rings is 2. The third-order valence-electron chi connectivity index (χ3n) is 3.60. The van der Waals surface area contributed by atoms with Crippen LogP contribution < -0.4 is 9.64 Å². The van der Waals surface area contributed by atoms with Crippen LogP contribution in [-0.2, 0) is 6.54 Å². The van der Waals surface area contributed by atoms with Gasteiger partial charge in [-0.1, -0.05) is 12.1 Å². The van der Waals surface area contributed by atoms with Crippen LogP contribution in [0.4, 0.5) is 10.1 Å². The highest BCUT2D eigenvalue weighted by Crippen LogP contribution is 2.25. The van der Waals surface area contributed by atoms with Gasteiger partial charge in [0.2, 0.25) is 0 Å². The van der Waals surface area contributed by atoms with Crippen LogP contribution in [0.2, 0.25) is 0 Å². The fourth-order valence-electron chi connectivity index (χ4n) is 2.37.